The Kier molecular flexibility index (Phi) is 2.47. The van der Waals surface area contributed by atoms with Crippen molar-refractivity contribution in [1.82, 2.24) is 15.5 Å². The first-order chi connectivity index (χ1) is 5.65. The van der Waals surface area contributed by atoms with Gasteiger partial charge in [0.25, 0.3) is 5.91 Å². The Morgan fingerprint density at radius 3 is 2.75 bits per heavy atom. The van der Waals surface area contributed by atoms with Crippen LogP contribution in [-0.2, 0) is 0 Å². The summed E-state index contributed by atoms with van der Waals surface area (Å²) in [6.45, 7) is 4.09. The van der Waals surface area contributed by atoms with E-state index in [1.807, 2.05) is 13.8 Å². The average molecular weight is 167 g/mol. The van der Waals surface area contributed by atoms with E-state index in [0.29, 0.717) is 11.6 Å². The summed E-state index contributed by atoms with van der Waals surface area (Å²) in [5.74, 6) is 0.217. The summed E-state index contributed by atoms with van der Waals surface area (Å²) in [4.78, 5) is 11.1. The Hall–Kier alpha value is -1.32. The van der Waals surface area contributed by atoms with Crippen molar-refractivity contribution in [2.75, 3.05) is 7.05 Å². The van der Waals surface area contributed by atoms with E-state index in [4.69, 9.17) is 0 Å². The van der Waals surface area contributed by atoms with E-state index in [9.17, 15) is 4.79 Å². The molecule has 4 heteroatoms. The van der Waals surface area contributed by atoms with Crippen LogP contribution < -0.4 is 5.32 Å². The number of carbonyl (C=O) groups is 1. The van der Waals surface area contributed by atoms with Gasteiger partial charge in [0.15, 0.2) is 0 Å². The standard InChI is InChI=1S/C8H13N3O/c1-5(2)6-4-7(11-10-6)8(12)9-3/h4-5H,1-3H3,(H,9,12)(H,10,11). The smallest absolute Gasteiger partial charge is 0.271 e. The van der Waals surface area contributed by atoms with Crippen molar-refractivity contribution in [3.63, 3.8) is 0 Å². The maximum absolute atomic E-state index is 11.1. The molecule has 0 bridgehead atoms. The number of carbonyl (C=O) groups excluding carboxylic acids is 1. The lowest BCUT2D eigenvalue weighted by Gasteiger charge is -1.96. The Labute approximate surface area is 71.4 Å². The van der Waals surface area contributed by atoms with Gasteiger partial charge in [-0.1, -0.05) is 13.8 Å². The molecular weight excluding hydrogens is 154 g/mol. The molecule has 0 saturated heterocycles. The molecule has 66 valence electrons. The minimum atomic E-state index is -0.154. The first kappa shape index (κ1) is 8.77. The van der Waals surface area contributed by atoms with E-state index < -0.39 is 0 Å². The molecule has 0 aliphatic heterocycles. The first-order valence-corrected chi connectivity index (χ1v) is 3.92. The maximum Gasteiger partial charge on any atom is 0.271 e. The quantitative estimate of drug-likeness (QED) is 0.687. The van der Waals surface area contributed by atoms with Crippen LogP contribution >= 0.6 is 0 Å². The van der Waals surface area contributed by atoms with Crippen LogP contribution in [0.15, 0.2) is 6.07 Å². The fourth-order valence-corrected chi connectivity index (χ4v) is 0.877. The highest BCUT2D eigenvalue weighted by Gasteiger charge is 2.09. The lowest BCUT2D eigenvalue weighted by Crippen LogP contribution is -2.17. The number of rotatable bonds is 2. The second kappa shape index (κ2) is 3.38. The van der Waals surface area contributed by atoms with Gasteiger partial charge < -0.3 is 5.32 Å². The molecule has 1 rings (SSSR count). The lowest BCUT2D eigenvalue weighted by atomic mass is 10.1. The summed E-state index contributed by atoms with van der Waals surface area (Å²) in [6, 6.07) is 1.77. The molecule has 0 aliphatic carbocycles. The van der Waals surface area contributed by atoms with Gasteiger partial charge in [-0.25, -0.2) is 0 Å². The maximum atomic E-state index is 11.1. The number of nitrogens with zero attached hydrogens (tertiary/aromatic N) is 1. The van der Waals surface area contributed by atoms with Crippen LogP contribution in [0, 0.1) is 0 Å². The van der Waals surface area contributed by atoms with Gasteiger partial charge in [0.05, 0.1) is 0 Å². The predicted molar refractivity (Wildman–Crippen MR) is 46.1 cm³/mol. The van der Waals surface area contributed by atoms with Crippen LogP contribution in [-0.4, -0.2) is 23.2 Å². The van der Waals surface area contributed by atoms with Gasteiger partial charge in [-0.2, -0.15) is 5.10 Å². The van der Waals surface area contributed by atoms with E-state index in [-0.39, 0.29) is 5.91 Å². The zero-order valence-corrected chi connectivity index (χ0v) is 7.51. The summed E-state index contributed by atoms with van der Waals surface area (Å²) in [5.41, 5.74) is 1.43. The van der Waals surface area contributed by atoms with Crippen molar-refractivity contribution in [3.8, 4) is 0 Å². The fraction of sp³-hybridized carbons (Fsp3) is 0.500. The number of nitrogens with one attached hydrogen (secondary N) is 2. The van der Waals surface area contributed by atoms with Gasteiger partial charge in [-0.15, -0.1) is 0 Å². The Morgan fingerprint density at radius 1 is 1.67 bits per heavy atom. The largest absolute Gasteiger partial charge is 0.354 e. The van der Waals surface area contributed by atoms with Gasteiger partial charge in [0.1, 0.15) is 5.69 Å². The van der Waals surface area contributed by atoms with Crippen molar-refractivity contribution >= 4 is 5.91 Å². The van der Waals surface area contributed by atoms with Crippen molar-refractivity contribution in [2.24, 2.45) is 0 Å². The number of H-pyrrole nitrogens is 1. The SMILES string of the molecule is CNC(=O)c1cc(C(C)C)[nH]n1. The van der Waals surface area contributed by atoms with Crippen molar-refractivity contribution in [2.45, 2.75) is 19.8 Å². The summed E-state index contributed by atoms with van der Waals surface area (Å²) in [7, 11) is 1.59. The molecule has 2 N–H and O–H groups in total. The minimum Gasteiger partial charge on any atom is -0.354 e. The molecule has 0 radical (unpaired) electrons. The van der Waals surface area contributed by atoms with E-state index >= 15 is 0 Å². The van der Waals surface area contributed by atoms with Gasteiger partial charge in [0, 0.05) is 12.7 Å². The molecular formula is C8H13N3O. The monoisotopic (exact) mass is 167 g/mol. The highest BCUT2D eigenvalue weighted by atomic mass is 16.1. The van der Waals surface area contributed by atoms with E-state index in [0.717, 1.165) is 5.69 Å². The molecule has 0 aliphatic rings. The van der Waals surface area contributed by atoms with Crippen LogP contribution in [0.1, 0.15) is 35.9 Å². The first-order valence-electron chi connectivity index (χ1n) is 3.92. The van der Waals surface area contributed by atoms with Gasteiger partial charge in [-0.3, -0.25) is 9.89 Å². The molecule has 1 aromatic rings. The highest BCUT2D eigenvalue weighted by Crippen LogP contribution is 2.11. The predicted octanol–water partition coefficient (Wildman–Crippen LogP) is 0.893. The number of hydrogen-bond donors (Lipinski definition) is 2. The normalized spacial score (nSPS) is 10.3. The van der Waals surface area contributed by atoms with E-state index in [1.54, 1.807) is 13.1 Å². The molecule has 12 heavy (non-hydrogen) atoms. The Balaban J connectivity index is 2.84. The zero-order valence-electron chi connectivity index (χ0n) is 7.51. The van der Waals surface area contributed by atoms with Crippen LogP contribution in [0.2, 0.25) is 0 Å². The molecule has 0 atom stereocenters. The topological polar surface area (TPSA) is 57.8 Å². The summed E-state index contributed by atoms with van der Waals surface area (Å²) in [6.07, 6.45) is 0. The van der Waals surface area contributed by atoms with E-state index in [2.05, 4.69) is 15.5 Å². The molecule has 1 heterocycles. The molecule has 0 spiro atoms. The molecule has 0 saturated carbocycles. The van der Waals surface area contributed by atoms with Crippen LogP contribution in [0.25, 0.3) is 0 Å². The number of amides is 1. The lowest BCUT2D eigenvalue weighted by molar-refractivity contribution is 0.0958. The number of hydrogen-bond acceptors (Lipinski definition) is 2. The third kappa shape index (κ3) is 1.64. The number of aromatic amines is 1. The van der Waals surface area contributed by atoms with Crippen molar-refractivity contribution in [1.29, 1.82) is 0 Å². The zero-order chi connectivity index (χ0) is 9.14. The summed E-state index contributed by atoms with van der Waals surface area (Å²) >= 11 is 0. The van der Waals surface area contributed by atoms with Gasteiger partial charge in [0.2, 0.25) is 0 Å². The third-order valence-electron chi connectivity index (χ3n) is 1.68. The second-order valence-corrected chi connectivity index (χ2v) is 2.94. The molecule has 4 nitrogen and oxygen atoms in total. The van der Waals surface area contributed by atoms with E-state index in [1.165, 1.54) is 0 Å². The molecule has 0 aromatic carbocycles. The summed E-state index contributed by atoms with van der Waals surface area (Å²) < 4.78 is 0. The average Bonchev–Trinajstić information content (AvgIpc) is 2.51. The highest BCUT2D eigenvalue weighted by molar-refractivity contribution is 5.92. The molecule has 1 amide bonds. The third-order valence-corrected chi connectivity index (χ3v) is 1.68. The van der Waals surface area contributed by atoms with Gasteiger partial charge in [-0.05, 0) is 12.0 Å². The molecule has 0 unspecified atom stereocenters. The number of aromatic nitrogens is 2. The van der Waals surface area contributed by atoms with Crippen LogP contribution in [0.4, 0.5) is 0 Å². The van der Waals surface area contributed by atoms with Crippen LogP contribution in [0.5, 0.6) is 0 Å². The van der Waals surface area contributed by atoms with Gasteiger partial charge >= 0.3 is 0 Å². The van der Waals surface area contributed by atoms with Crippen molar-refractivity contribution in [3.05, 3.63) is 17.5 Å². The minimum absolute atomic E-state index is 0.154. The summed E-state index contributed by atoms with van der Waals surface area (Å²) in [5, 5.41) is 9.19. The Bertz CT molecular complexity index is 278. The second-order valence-electron chi connectivity index (χ2n) is 2.94. The Morgan fingerprint density at radius 2 is 2.33 bits per heavy atom. The molecule has 0 fully saturated rings. The fourth-order valence-electron chi connectivity index (χ4n) is 0.877. The van der Waals surface area contributed by atoms with Crippen molar-refractivity contribution < 1.29 is 4.79 Å². The van der Waals surface area contributed by atoms with Crippen LogP contribution in [0.3, 0.4) is 0 Å². The molecule has 1 aromatic heterocycles.